The number of hydrogen-bond donors (Lipinski definition) is 0. The zero-order chi connectivity index (χ0) is 24.5. The largest absolute Gasteiger partial charge is 0.457 e. The summed E-state index contributed by atoms with van der Waals surface area (Å²) in [5.74, 6) is -0.765. The van der Waals surface area contributed by atoms with Gasteiger partial charge in [-0.2, -0.15) is 0 Å². The van der Waals surface area contributed by atoms with Gasteiger partial charge in [-0.25, -0.2) is 9.69 Å². The van der Waals surface area contributed by atoms with Crippen LogP contribution in [0.5, 0.6) is 11.5 Å². The minimum atomic E-state index is -0.735. The lowest BCUT2D eigenvalue weighted by Crippen LogP contribution is -2.29. The van der Waals surface area contributed by atoms with Crippen LogP contribution in [-0.2, 0) is 9.53 Å². The van der Waals surface area contributed by atoms with Gasteiger partial charge in [0.05, 0.1) is 22.4 Å². The summed E-state index contributed by atoms with van der Waals surface area (Å²) >= 11 is 0. The van der Waals surface area contributed by atoms with Crippen molar-refractivity contribution in [3.05, 3.63) is 89.5 Å². The summed E-state index contributed by atoms with van der Waals surface area (Å²) in [4.78, 5) is 51.4. The number of nitrogens with zero attached hydrogens (tertiary/aromatic N) is 1. The third-order valence-electron chi connectivity index (χ3n) is 5.37. The molecule has 1 heterocycles. The molecule has 0 atom stereocenters. The van der Waals surface area contributed by atoms with E-state index in [9.17, 15) is 19.2 Å². The minimum Gasteiger partial charge on any atom is -0.457 e. The number of carbonyl (C=O) groups excluding carboxylic acids is 4. The summed E-state index contributed by atoms with van der Waals surface area (Å²) in [5.41, 5.74) is 0.132. The van der Waals surface area contributed by atoms with Gasteiger partial charge in [-0.15, -0.1) is 0 Å². The minimum absolute atomic E-state index is 0.0927. The number of benzene rings is 3. The standard InChI is InChI=1S/C27H23NO6/c1-27(2,3)23(29)16-33-26(32)17-9-14-21-22(15-17)25(31)28(24(21)30)18-10-12-20(13-11-18)34-19-7-5-4-6-8-19/h4-15H,16H2,1-3H3. The highest BCUT2D eigenvalue weighted by Gasteiger charge is 2.37. The number of para-hydroxylation sites is 1. The van der Waals surface area contributed by atoms with Gasteiger partial charge < -0.3 is 9.47 Å². The molecule has 4 rings (SSSR count). The van der Waals surface area contributed by atoms with E-state index >= 15 is 0 Å². The van der Waals surface area contributed by atoms with Crippen LogP contribution in [0, 0.1) is 5.41 Å². The highest BCUT2D eigenvalue weighted by atomic mass is 16.5. The van der Waals surface area contributed by atoms with Gasteiger partial charge in [0.1, 0.15) is 11.5 Å². The average Bonchev–Trinajstić information content (AvgIpc) is 3.07. The van der Waals surface area contributed by atoms with E-state index in [1.807, 2.05) is 30.3 Å². The lowest BCUT2D eigenvalue weighted by molar-refractivity contribution is -0.129. The first-order chi connectivity index (χ1) is 16.1. The topological polar surface area (TPSA) is 90.0 Å². The molecular weight excluding hydrogens is 434 g/mol. The fraction of sp³-hybridized carbons (Fsp3) is 0.185. The van der Waals surface area contributed by atoms with E-state index in [4.69, 9.17) is 9.47 Å². The summed E-state index contributed by atoms with van der Waals surface area (Å²) in [6, 6.07) is 20.0. The molecule has 0 aromatic heterocycles. The van der Waals surface area contributed by atoms with Crippen molar-refractivity contribution in [1.82, 2.24) is 0 Å². The Hall–Kier alpha value is -4.26. The summed E-state index contributed by atoms with van der Waals surface area (Å²) in [5, 5.41) is 0. The van der Waals surface area contributed by atoms with Gasteiger partial charge in [-0.3, -0.25) is 14.4 Å². The van der Waals surface area contributed by atoms with Crippen LogP contribution in [0.25, 0.3) is 0 Å². The van der Waals surface area contributed by atoms with Crippen molar-refractivity contribution < 1.29 is 28.7 Å². The second kappa shape index (κ2) is 8.94. The van der Waals surface area contributed by atoms with Crippen molar-refractivity contribution in [3.63, 3.8) is 0 Å². The molecule has 1 aliphatic rings. The Labute approximate surface area is 196 Å². The molecule has 0 saturated heterocycles. The van der Waals surface area contributed by atoms with Gasteiger partial charge >= 0.3 is 5.97 Å². The number of carbonyl (C=O) groups is 4. The Morgan fingerprint density at radius 1 is 0.794 bits per heavy atom. The number of rotatable bonds is 6. The molecule has 0 radical (unpaired) electrons. The molecule has 1 aliphatic heterocycles. The van der Waals surface area contributed by atoms with Crippen LogP contribution in [0.2, 0.25) is 0 Å². The van der Waals surface area contributed by atoms with Crippen LogP contribution in [0.1, 0.15) is 51.8 Å². The van der Waals surface area contributed by atoms with E-state index in [2.05, 4.69) is 0 Å². The molecule has 7 nitrogen and oxygen atoms in total. The summed E-state index contributed by atoms with van der Waals surface area (Å²) < 4.78 is 10.9. The lowest BCUT2D eigenvalue weighted by atomic mass is 9.91. The van der Waals surface area contributed by atoms with E-state index in [0.29, 0.717) is 17.2 Å². The predicted molar refractivity (Wildman–Crippen MR) is 125 cm³/mol. The van der Waals surface area contributed by atoms with Crippen molar-refractivity contribution in [3.8, 4) is 11.5 Å². The molecule has 0 unspecified atom stereocenters. The SMILES string of the molecule is CC(C)(C)C(=O)COC(=O)c1ccc2c(c1)C(=O)N(c1ccc(Oc3ccccc3)cc1)C2=O. The average molecular weight is 457 g/mol. The summed E-state index contributed by atoms with van der Waals surface area (Å²) in [6.07, 6.45) is 0. The van der Waals surface area contributed by atoms with Gasteiger partial charge in [0.15, 0.2) is 12.4 Å². The van der Waals surface area contributed by atoms with Gasteiger partial charge in [0, 0.05) is 5.41 Å². The van der Waals surface area contributed by atoms with Crippen LogP contribution in [0.4, 0.5) is 5.69 Å². The van der Waals surface area contributed by atoms with E-state index in [1.54, 1.807) is 45.0 Å². The molecule has 3 aromatic carbocycles. The van der Waals surface area contributed by atoms with Crippen molar-refractivity contribution in [1.29, 1.82) is 0 Å². The van der Waals surface area contributed by atoms with Crippen molar-refractivity contribution in [2.45, 2.75) is 20.8 Å². The maximum absolute atomic E-state index is 13.0. The molecule has 0 bridgehead atoms. The van der Waals surface area contributed by atoms with Crippen LogP contribution < -0.4 is 9.64 Å². The normalized spacial score (nSPS) is 13.0. The Kier molecular flexibility index (Phi) is 6.03. The number of anilines is 1. The molecule has 2 amide bonds. The fourth-order valence-corrected chi connectivity index (χ4v) is 3.32. The monoisotopic (exact) mass is 457 g/mol. The zero-order valence-electron chi connectivity index (χ0n) is 19.0. The Morgan fingerprint density at radius 3 is 2.06 bits per heavy atom. The molecule has 7 heteroatoms. The number of fused-ring (bicyclic) bond motifs is 1. The zero-order valence-corrected chi connectivity index (χ0v) is 19.0. The first-order valence-corrected chi connectivity index (χ1v) is 10.7. The first kappa shape index (κ1) is 22.9. The van der Waals surface area contributed by atoms with Crippen molar-refractivity contribution >= 4 is 29.3 Å². The molecular formula is C27H23NO6. The number of ether oxygens (including phenoxy) is 2. The highest BCUT2D eigenvalue weighted by Crippen LogP contribution is 2.31. The number of amides is 2. The Balaban J connectivity index is 1.50. The van der Waals surface area contributed by atoms with Crippen LogP contribution in [0.3, 0.4) is 0 Å². The van der Waals surface area contributed by atoms with Crippen LogP contribution in [-0.4, -0.2) is 30.2 Å². The van der Waals surface area contributed by atoms with E-state index in [0.717, 1.165) is 4.90 Å². The maximum atomic E-state index is 13.0. The quantitative estimate of drug-likeness (QED) is 0.380. The van der Waals surface area contributed by atoms with Crippen LogP contribution in [0.15, 0.2) is 72.8 Å². The number of Topliss-reactive ketones (excluding diaryl/α,β-unsaturated/α-hetero) is 1. The number of imide groups is 1. The predicted octanol–water partition coefficient (Wildman–Crippen LogP) is 5.05. The number of esters is 1. The lowest BCUT2D eigenvalue weighted by Gasteiger charge is -2.16. The van der Waals surface area contributed by atoms with Crippen LogP contribution >= 0.6 is 0 Å². The molecule has 0 aliphatic carbocycles. The van der Waals surface area contributed by atoms with Gasteiger partial charge in [0.2, 0.25) is 0 Å². The molecule has 0 spiro atoms. The van der Waals surface area contributed by atoms with Crippen molar-refractivity contribution in [2.24, 2.45) is 5.41 Å². The maximum Gasteiger partial charge on any atom is 0.338 e. The van der Waals surface area contributed by atoms with E-state index in [-0.39, 0.29) is 29.1 Å². The number of ketones is 1. The second-order valence-corrected chi connectivity index (χ2v) is 8.86. The third kappa shape index (κ3) is 4.59. The molecule has 0 N–H and O–H groups in total. The van der Waals surface area contributed by atoms with Gasteiger partial charge in [0.25, 0.3) is 11.8 Å². The Bertz CT molecular complexity index is 1270. The van der Waals surface area contributed by atoms with E-state index < -0.39 is 23.2 Å². The molecule has 34 heavy (non-hydrogen) atoms. The summed E-state index contributed by atoms with van der Waals surface area (Å²) in [7, 11) is 0. The highest BCUT2D eigenvalue weighted by molar-refractivity contribution is 6.34. The molecule has 3 aromatic rings. The Morgan fingerprint density at radius 2 is 1.41 bits per heavy atom. The smallest absolute Gasteiger partial charge is 0.338 e. The third-order valence-corrected chi connectivity index (χ3v) is 5.37. The van der Waals surface area contributed by atoms with E-state index in [1.165, 1.54) is 18.2 Å². The summed E-state index contributed by atoms with van der Waals surface area (Å²) in [6.45, 7) is 4.84. The second-order valence-electron chi connectivity index (χ2n) is 8.86. The van der Waals surface area contributed by atoms with Gasteiger partial charge in [-0.1, -0.05) is 39.0 Å². The van der Waals surface area contributed by atoms with Crippen molar-refractivity contribution in [2.75, 3.05) is 11.5 Å². The fourth-order valence-electron chi connectivity index (χ4n) is 3.32. The molecule has 172 valence electrons. The number of hydrogen-bond acceptors (Lipinski definition) is 6. The molecule has 0 saturated carbocycles. The first-order valence-electron chi connectivity index (χ1n) is 10.7. The molecule has 0 fully saturated rings. The van der Waals surface area contributed by atoms with Gasteiger partial charge in [-0.05, 0) is 54.6 Å².